The molecule has 1 N–H and O–H groups in total. The van der Waals surface area contributed by atoms with Crippen LogP contribution in [0, 0.1) is 0 Å². The molecule has 0 heterocycles. The predicted molar refractivity (Wildman–Crippen MR) is 54.3 cm³/mol. The van der Waals surface area contributed by atoms with Crippen LogP contribution in [0.25, 0.3) is 0 Å². The van der Waals surface area contributed by atoms with Gasteiger partial charge in [0.15, 0.2) is 5.78 Å². The quantitative estimate of drug-likeness (QED) is 0.806. The van der Waals surface area contributed by atoms with Crippen LogP contribution in [0.1, 0.15) is 22.8 Å². The Kier molecular flexibility index (Phi) is 4.06. The number of carbonyl (C=O) groups excluding carboxylic acids is 1. The lowest BCUT2D eigenvalue weighted by molar-refractivity contribution is -0.137. The van der Waals surface area contributed by atoms with E-state index in [0.717, 1.165) is 12.1 Å². The molecule has 0 radical (unpaired) electrons. The molecule has 0 saturated heterocycles. The first-order chi connectivity index (χ1) is 7.45. The minimum absolute atomic E-state index is 0.141. The topological polar surface area (TPSA) is 29.1 Å². The number of rotatable bonds is 4. The molecule has 0 aromatic heterocycles. The summed E-state index contributed by atoms with van der Waals surface area (Å²) in [4.78, 5) is 11.4. The third-order valence-electron chi connectivity index (χ3n) is 2.07. The van der Waals surface area contributed by atoms with Crippen molar-refractivity contribution in [2.45, 2.75) is 13.1 Å². The summed E-state index contributed by atoms with van der Waals surface area (Å²) < 4.78 is 36.7. The first kappa shape index (κ1) is 12.7. The van der Waals surface area contributed by atoms with E-state index >= 15 is 0 Å². The van der Waals surface area contributed by atoms with Gasteiger partial charge in [-0.2, -0.15) is 13.2 Å². The van der Waals surface area contributed by atoms with Crippen LogP contribution in [0.5, 0.6) is 0 Å². The number of Topliss-reactive ketones (excluding diaryl/α,β-unsaturated/α-hetero) is 1. The van der Waals surface area contributed by atoms with E-state index < -0.39 is 11.7 Å². The van der Waals surface area contributed by atoms with Crippen molar-refractivity contribution in [1.82, 2.24) is 5.32 Å². The Labute approximate surface area is 91.5 Å². The van der Waals surface area contributed by atoms with Gasteiger partial charge in [-0.05, 0) is 18.7 Å². The maximum Gasteiger partial charge on any atom is 0.416 e. The summed E-state index contributed by atoms with van der Waals surface area (Å²) in [5.74, 6) is -0.212. The second kappa shape index (κ2) is 5.12. The number of likely N-dealkylation sites (N-methyl/N-ethyl adjacent to an activating group) is 1. The number of hydrogen-bond donors (Lipinski definition) is 1. The molecule has 5 heteroatoms. The zero-order valence-electron chi connectivity index (χ0n) is 8.77. The molecule has 0 saturated carbocycles. The molecule has 1 aromatic carbocycles. The molecule has 0 atom stereocenters. The van der Waals surface area contributed by atoms with E-state index in [1.165, 1.54) is 12.1 Å². The van der Waals surface area contributed by atoms with Crippen LogP contribution >= 0.6 is 0 Å². The second-order valence-electron chi connectivity index (χ2n) is 3.28. The van der Waals surface area contributed by atoms with Crippen molar-refractivity contribution in [2.75, 3.05) is 13.1 Å². The van der Waals surface area contributed by atoms with Crippen LogP contribution in [0.3, 0.4) is 0 Å². The van der Waals surface area contributed by atoms with Crippen molar-refractivity contribution in [3.63, 3.8) is 0 Å². The van der Waals surface area contributed by atoms with Gasteiger partial charge in [-0.25, -0.2) is 0 Å². The third-order valence-corrected chi connectivity index (χ3v) is 2.07. The number of ketones is 1. The summed E-state index contributed by atoms with van der Waals surface area (Å²) in [5.41, 5.74) is -0.457. The van der Waals surface area contributed by atoms with Crippen molar-refractivity contribution in [3.8, 4) is 0 Å². The highest BCUT2D eigenvalue weighted by atomic mass is 19.4. The minimum atomic E-state index is -4.36. The summed E-state index contributed by atoms with van der Waals surface area (Å²) in [6.07, 6.45) is -4.36. The van der Waals surface area contributed by atoms with Gasteiger partial charge in [0.2, 0.25) is 0 Å². The number of hydrogen-bond acceptors (Lipinski definition) is 2. The largest absolute Gasteiger partial charge is 0.416 e. The van der Waals surface area contributed by atoms with Crippen molar-refractivity contribution < 1.29 is 18.0 Å². The number of nitrogens with one attached hydrogen (secondary N) is 1. The number of alkyl halides is 3. The Hall–Kier alpha value is -1.36. The van der Waals surface area contributed by atoms with E-state index in [4.69, 9.17) is 0 Å². The van der Waals surface area contributed by atoms with Gasteiger partial charge >= 0.3 is 6.18 Å². The monoisotopic (exact) mass is 231 g/mol. The highest BCUT2D eigenvalue weighted by Gasteiger charge is 2.30. The average Bonchev–Trinajstić information content (AvgIpc) is 2.25. The van der Waals surface area contributed by atoms with Crippen LogP contribution < -0.4 is 5.32 Å². The van der Waals surface area contributed by atoms with Gasteiger partial charge in [0.05, 0.1) is 12.1 Å². The van der Waals surface area contributed by atoms with Crippen molar-refractivity contribution in [2.24, 2.45) is 0 Å². The van der Waals surface area contributed by atoms with Crippen LogP contribution in [-0.2, 0) is 6.18 Å². The smallest absolute Gasteiger partial charge is 0.310 e. The molecule has 0 aliphatic rings. The molecule has 0 bridgehead atoms. The third kappa shape index (κ3) is 3.34. The summed E-state index contributed by atoms with van der Waals surface area (Å²) in [7, 11) is 0. The molecule has 2 nitrogen and oxygen atoms in total. The average molecular weight is 231 g/mol. The van der Waals surface area contributed by atoms with E-state index in [9.17, 15) is 18.0 Å². The Bertz CT molecular complexity index is 356. The molecule has 0 aliphatic heterocycles. The molecule has 0 unspecified atom stereocenters. The van der Waals surface area contributed by atoms with Crippen molar-refractivity contribution in [3.05, 3.63) is 35.4 Å². The van der Waals surface area contributed by atoms with Gasteiger partial charge in [0.25, 0.3) is 0 Å². The molecule has 0 aliphatic carbocycles. The molecule has 0 spiro atoms. The maximum absolute atomic E-state index is 12.2. The summed E-state index contributed by atoms with van der Waals surface area (Å²) >= 11 is 0. The molecule has 1 aromatic rings. The molecule has 1 rings (SSSR count). The van der Waals surface area contributed by atoms with E-state index in [1.807, 2.05) is 6.92 Å². The fourth-order valence-corrected chi connectivity index (χ4v) is 1.19. The summed E-state index contributed by atoms with van der Waals surface area (Å²) in [5, 5.41) is 2.82. The fraction of sp³-hybridized carbons (Fsp3) is 0.364. The molecule has 88 valence electrons. The van der Waals surface area contributed by atoms with Crippen molar-refractivity contribution >= 4 is 5.78 Å². The fourth-order valence-electron chi connectivity index (χ4n) is 1.19. The van der Waals surface area contributed by atoms with E-state index in [1.54, 1.807) is 0 Å². The first-order valence-corrected chi connectivity index (χ1v) is 4.86. The molecule has 0 fully saturated rings. The predicted octanol–water partition coefficient (Wildman–Crippen LogP) is 2.50. The number of halogens is 3. The Morgan fingerprint density at radius 2 is 1.81 bits per heavy atom. The van der Waals surface area contributed by atoms with Gasteiger partial charge in [-0.1, -0.05) is 19.1 Å². The van der Waals surface area contributed by atoms with Crippen LogP contribution in [0.15, 0.2) is 24.3 Å². The van der Waals surface area contributed by atoms with Crippen LogP contribution in [0.2, 0.25) is 0 Å². The zero-order valence-corrected chi connectivity index (χ0v) is 8.77. The van der Waals surface area contributed by atoms with Crippen LogP contribution in [0.4, 0.5) is 13.2 Å². The summed E-state index contributed by atoms with van der Waals surface area (Å²) in [6, 6.07) is 4.23. The summed E-state index contributed by atoms with van der Waals surface area (Å²) in [6.45, 7) is 2.63. The number of carbonyl (C=O) groups is 1. The number of benzene rings is 1. The maximum atomic E-state index is 12.2. The Morgan fingerprint density at radius 3 is 2.25 bits per heavy atom. The van der Waals surface area contributed by atoms with Crippen molar-refractivity contribution in [1.29, 1.82) is 0 Å². The van der Waals surface area contributed by atoms with E-state index in [0.29, 0.717) is 6.54 Å². The SMILES string of the molecule is CCNCC(=O)c1ccc(C(F)(F)F)cc1. The lowest BCUT2D eigenvalue weighted by atomic mass is 10.1. The standard InChI is InChI=1S/C11H12F3NO/c1-2-15-7-10(16)8-3-5-9(6-4-8)11(12,13)14/h3-6,15H,2,7H2,1H3. The highest BCUT2D eigenvalue weighted by Crippen LogP contribution is 2.29. The molecule has 0 amide bonds. The lowest BCUT2D eigenvalue weighted by Gasteiger charge is -2.07. The highest BCUT2D eigenvalue weighted by molar-refractivity contribution is 5.97. The first-order valence-electron chi connectivity index (χ1n) is 4.86. The Balaban J connectivity index is 2.75. The zero-order chi connectivity index (χ0) is 12.2. The molecular weight excluding hydrogens is 219 g/mol. The van der Waals surface area contributed by atoms with Gasteiger partial charge in [0.1, 0.15) is 0 Å². The lowest BCUT2D eigenvalue weighted by Crippen LogP contribution is -2.22. The molecule has 16 heavy (non-hydrogen) atoms. The van der Waals surface area contributed by atoms with Gasteiger partial charge in [0, 0.05) is 5.56 Å². The van der Waals surface area contributed by atoms with Gasteiger partial charge < -0.3 is 5.32 Å². The molecular formula is C11H12F3NO. The normalized spacial score (nSPS) is 11.5. The van der Waals surface area contributed by atoms with Gasteiger partial charge in [-0.3, -0.25) is 4.79 Å². The second-order valence-corrected chi connectivity index (χ2v) is 3.28. The van der Waals surface area contributed by atoms with E-state index in [-0.39, 0.29) is 17.9 Å². The Morgan fingerprint density at radius 1 is 1.25 bits per heavy atom. The van der Waals surface area contributed by atoms with E-state index in [2.05, 4.69) is 5.32 Å². The minimum Gasteiger partial charge on any atom is -0.310 e. The van der Waals surface area contributed by atoms with Crippen LogP contribution in [-0.4, -0.2) is 18.9 Å². The van der Waals surface area contributed by atoms with Gasteiger partial charge in [-0.15, -0.1) is 0 Å².